The van der Waals surface area contributed by atoms with Crippen LogP contribution in [0.15, 0.2) is 12.1 Å². The maximum atomic E-state index is 5.49. The Kier molecular flexibility index (Phi) is 4.35. The average Bonchev–Trinajstić information content (AvgIpc) is 2.74. The predicted octanol–water partition coefficient (Wildman–Crippen LogP) is 2.47. The Labute approximate surface area is 101 Å². The van der Waals surface area contributed by atoms with E-state index in [1.165, 1.54) is 9.75 Å². The van der Waals surface area contributed by atoms with Crippen LogP contribution in [0.1, 0.15) is 29.1 Å². The summed E-state index contributed by atoms with van der Waals surface area (Å²) >= 11 is 1.85. The van der Waals surface area contributed by atoms with Crippen molar-refractivity contribution in [2.24, 2.45) is 0 Å². The standard InChI is InChI=1S/C12H19NO2S/c1-9-3-4-12(16-9)10(2)13-7-11-5-6-14-8-15-11/h3-4,10-11,13H,5-8H2,1-2H3. The van der Waals surface area contributed by atoms with Crippen molar-refractivity contribution >= 4 is 11.3 Å². The van der Waals surface area contributed by atoms with Crippen LogP contribution in [0.2, 0.25) is 0 Å². The molecule has 0 spiro atoms. The van der Waals surface area contributed by atoms with Crippen molar-refractivity contribution in [3.8, 4) is 0 Å². The van der Waals surface area contributed by atoms with Gasteiger partial charge >= 0.3 is 0 Å². The van der Waals surface area contributed by atoms with Gasteiger partial charge in [0.25, 0.3) is 0 Å². The Morgan fingerprint density at radius 1 is 1.56 bits per heavy atom. The van der Waals surface area contributed by atoms with E-state index in [1.54, 1.807) is 0 Å². The fourth-order valence-corrected chi connectivity index (χ4v) is 2.66. The molecule has 1 saturated heterocycles. The number of ether oxygens (including phenoxy) is 2. The molecule has 0 radical (unpaired) electrons. The lowest BCUT2D eigenvalue weighted by molar-refractivity contribution is -0.137. The molecule has 1 aliphatic heterocycles. The molecule has 1 aliphatic rings. The third-order valence-corrected chi connectivity index (χ3v) is 3.99. The van der Waals surface area contributed by atoms with Gasteiger partial charge in [-0.2, -0.15) is 0 Å². The van der Waals surface area contributed by atoms with E-state index in [-0.39, 0.29) is 0 Å². The Bertz CT molecular complexity index is 321. The van der Waals surface area contributed by atoms with E-state index < -0.39 is 0 Å². The Morgan fingerprint density at radius 2 is 2.44 bits per heavy atom. The van der Waals surface area contributed by atoms with E-state index in [0.717, 1.165) is 19.6 Å². The number of rotatable bonds is 4. The molecular formula is C12H19NO2S. The number of thiophene rings is 1. The zero-order valence-electron chi connectivity index (χ0n) is 9.86. The zero-order chi connectivity index (χ0) is 11.4. The Balaban J connectivity index is 1.76. The van der Waals surface area contributed by atoms with E-state index in [4.69, 9.17) is 9.47 Å². The number of aryl methyl sites for hydroxylation is 1. The summed E-state index contributed by atoms with van der Waals surface area (Å²) in [6.07, 6.45) is 1.29. The van der Waals surface area contributed by atoms with Gasteiger partial charge in [0.2, 0.25) is 0 Å². The highest BCUT2D eigenvalue weighted by atomic mass is 32.1. The molecule has 1 fully saturated rings. The molecule has 0 aromatic carbocycles. The van der Waals surface area contributed by atoms with Crippen LogP contribution in [-0.4, -0.2) is 26.0 Å². The molecule has 2 heterocycles. The first-order valence-corrected chi connectivity index (χ1v) is 6.56. The number of nitrogens with one attached hydrogen (secondary N) is 1. The second kappa shape index (κ2) is 5.77. The highest BCUT2D eigenvalue weighted by molar-refractivity contribution is 7.12. The maximum Gasteiger partial charge on any atom is 0.147 e. The third-order valence-electron chi connectivity index (χ3n) is 2.81. The summed E-state index contributed by atoms with van der Waals surface area (Å²) in [5.41, 5.74) is 0. The molecular weight excluding hydrogens is 222 g/mol. The lowest BCUT2D eigenvalue weighted by Crippen LogP contribution is -2.35. The topological polar surface area (TPSA) is 30.5 Å². The average molecular weight is 241 g/mol. The molecule has 4 heteroatoms. The molecule has 90 valence electrons. The molecule has 1 N–H and O–H groups in total. The molecule has 0 amide bonds. The second-order valence-corrected chi connectivity index (χ2v) is 5.50. The lowest BCUT2D eigenvalue weighted by Gasteiger charge is -2.24. The molecule has 1 aromatic heterocycles. The first kappa shape index (κ1) is 12.0. The van der Waals surface area contributed by atoms with Crippen LogP contribution in [0.3, 0.4) is 0 Å². The predicted molar refractivity (Wildman–Crippen MR) is 65.8 cm³/mol. The van der Waals surface area contributed by atoms with Crippen molar-refractivity contribution in [2.75, 3.05) is 19.9 Å². The summed E-state index contributed by atoms with van der Waals surface area (Å²) in [6.45, 7) is 6.51. The maximum absolute atomic E-state index is 5.49. The molecule has 0 saturated carbocycles. The van der Waals surface area contributed by atoms with E-state index in [9.17, 15) is 0 Å². The molecule has 16 heavy (non-hydrogen) atoms. The van der Waals surface area contributed by atoms with Gasteiger partial charge in [-0.05, 0) is 32.4 Å². The van der Waals surface area contributed by atoms with Crippen LogP contribution in [0.5, 0.6) is 0 Å². The molecule has 3 nitrogen and oxygen atoms in total. The van der Waals surface area contributed by atoms with Crippen molar-refractivity contribution in [1.29, 1.82) is 0 Å². The molecule has 0 aliphatic carbocycles. The summed E-state index contributed by atoms with van der Waals surface area (Å²) in [5.74, 6) is 0. The Morgan fingerprint density at radius 3 is 3.06 bits per heavy atom. The molecule has 2 rings (SSSR count). The van der Waals surface area contributed by atoms with Gasteiger partial charge in [0, 0.05) is 22.3 Å². The van der Waals surface area contributed by atoms with E-state index >= 15 is 0 Å². The minimum absolute atomic E-state index is 0.303. The van der Waals surface area contributed by atoms with Gasteiger partial charge < -0.3 is 14.8 Å². The van der Waals surface area contributed by atoms with E-state index in [2.05, 4.69) is 31.3 Å². The number of hydrogen-bond acceptors (Lipinski definition) is 4. The SMILES string of the molecule is Cc1ccc(C(C)NCC2CCOCO2)s1. The minimum Gasteiger partial charge on any atom is -0.355 e. The molecule has 0 bridgehead atoms. The van der Waals surface area contributed by atoms with Crippen molar-refractivity contribution in [1.82, 2.24) is 5.32 Å². The summed E-state index contributed by atoms with van der Waals surface area (Å²) in [5, 5.41) is 3.51. The first-order chi connectivity index (χ1) is 7.75. The number of hydrogen-bond donors (Lipinski definition) is 1. The summed E-state index contributed by atoms with van der Waals surface area (Å²) in [6, 6.07) is 4.77. The fourth-order valence-electron chi connectivity index (χ4n) is 1.76. The van der Waals surface area contributed by atoms with Crippen LogP contribution < -0.4 is 5.32 Å². The van der Waals surface area contributed by atoms with Crippen LogP contribution in [-0.2, 0) is 9.47 Å². The van der Waals surface area contributed by atoms with E-state index in [1.807, 2.05) is 11.3 Å². The smallest absolute Gasteiger partial charge is 0.147 e. The highest BCUT2D eigenvalue weighted by Gasteiger charge is 2.15. The summed E-state index contributed by atoms with van der Waals surface area (Å²) in [7, 11) is 0. The van der Waals surface area contributed by atoms with Gasteiger partial charge in [0.15, 0.2) is 0 Å². The van der Waals surface area contributed by atoms with Crippen molar-refractivity contribution in [2.45, 2.75) is 32.4 Å². The van der Waals surface area contributed by atoms with Gasteiger partial charge in [-0.15, -0.1) is 11.3 Å². The molecule has 2 atom stereocenters. The van der Waals surface area contributed by atoms with Crippen LogP contribution in [0.4, 0.5) is 0 Å². The van der Waals surface area contributed by atoms with Gasteiger partial charge in [0.05, 0.1) is 12.7 Å². The quantitative estimate of drug-likeness (QED) is 0.878. The van der Waals surface area contributed by atoms with E-state index in [0.29, 0.717) is 18.9 Å². The third kappa shape index (κ3) is 3.28. The van der Waals surface area contributed by atoms with Crippen molar-refractivity contribution in [3.05, 3.63) is 21.9 Å². The van der Waals surface area contributed by atoms with Gasteiger partial charge in [-0.3, -0.25) is 0 Å². The molecule has 1 aromatic rings. The zero-order valence-corrected chi connectivity index (χ0v) is 10.7. The van der Waals surface area contributed by atoms with Crippen LogP contribution in [0, 0.1) is 6.92 Å². The monoisotopic (exact) mass is 241 g/mol. The lowest BCUT2D eigenvalue weighted by atomic mass is 10.2. The highest BCUT2D eigenvalue weighted by Crippen LogP contribution is 2.22. The van der Waals surface area contributed by atoms with Gasteiger partial charge in [-0.25, -0.2) is 0 Å². The van der Waals surface area contributed by atoms with Gasteiger partial charge in [-0.1, -0.05) is 0 Å². The first-order valence-electron chi connectivity index (χ1n) is 5.75. The normalized spacial score (nSPS) is 23.2. The van der Waals surface area contributed by atoms with Crippen LogP contribution in [0.25, 0.3) is 0 Å². The largest absolute Gasteiger partial charge is 0.355 e. The summed E-state index contributed by atoms with van der Waals surface area (Å²) < 4.78 is 10.6. The Hall–Kier alpha value is -0.420. The van der Waals surface area contributed by atoms with Gasteiger partial charge in [0.1, 0.15) is 6.79 Å². The van der Waals surface area contributed by atoms with Crippen LogP contribution >= 0.6 is 11.3 Å². The second-order valence-electron chi connectivity index (χ2n) is 4.18. The fraction of sp³-hybridized carbons (Fsp3) is 0.667. The molecule has 2 unspecified atom stereocenters. The minimum atomic E-state index is 0.303. The van der Waals surface area contributed by atoms with Crippen molar-refractivity contribution in [3.63, 3.8) is 0 Å². The van der Waals surface area contributed by atoms with Crippen molar-refractivity contribution < 1.29 is 9.47 Å². The summed E-state index contributed by atoms with van der Waals surface area (Å²) in [4.78, 5) is 2.76.